The summed E-state index contributed by atoms with van der Waals surface area (Å²) in [5.41, 5.74) is 0. The zero-order valence-electron chi connectivity index (χ0n) is 9.27. The Morgan fingerprint density at radius 2 is 2.33 bits per heavy atom. The van der Waals surface area contributed by atoms with Crippen LogP contribution in [0.15, 0.2) is 6.33 Å². The molecular formula is C10H17N3O2. The molecule has 0 bridgehead atoms. The first-order valence-corrected chi connectivity index (χ1v) is 5.24. The van der Waals surface area contributed by atoms with Crippen molar-refractivity contribution in [2.75, 3.05) is 13.2 Å². The zero-order chi connectivity index (χ0) is 11.1. The molecule has 0 saturated heterocycles. The Labute approximate surface area is 89.5 Å². The predicted molar refractivity (Wildman–Crippen MR) is 55.5 cm³/mol. The van der Waals surface area contributed by atoms with Gasteiger partial charge < -0.3 is 4.74 Å². The molecule has 0 aliphatic rings. The van der Waals surface area contributed by atoms with Crippen molar-refractivity contribution in [1.82, 2.24) is 14.8 Å². The average Bonchev–Trinajstić information content (AvgIpc) is 2.65. The van der Waals surface area contributed by atoms with Crippen LogP contribution in [0.1, 0.15) is 26.1 Å². The van der Waals surface area contributed by atoms with Crippen LogP contribution in [0.2, 0.25) is 0 Å². The smallest absolute Gasteiger partial charge is 0.166 e. The Hall–Kier alpha value is -1.23. The molecule has 0 aliphatic heterocycles. The first kappa shape index (κ1) is 11.8. The second-order valence-electron chi connectivity index (χ2n) is 3.26. The Balaban J connectivity index is 2.37. The number of ether oxygens (including phenoxy) is 1. The lowest BCUT2D eigenvalue weighted by Crippen LogP contribution is -2.15. The van der Waals surface area contributed by atoms with Gasteiger partial charge in [0.1, 0.15) is 18.8 Å². The minimum Gasteiger partial charge on any atom is -0.374 e. The quantitative estimate of drug-likeness (QED) is 0.627. The van der Waals surface area contributed by atoms with Gasteiger partial charge in [-0.15, -0.1) is 0 Å². The monoisotopic (exact) mass is 211 g/mol. The predicted octanol–water partition coefficient (Wildman–Crippen LogP) is 0.836. The van der Waals surface area contributed by atoms with E-state index < -0.39 is 0 Å². The van der Waals surface area contributed by atoms with Gasteiger partial charge in [-0.2, -0.15) is 5.10 Å². The minimum absolute atomic E-state index is 0.0474. The molecule has 1 aromatic rings. The molecule has 0 amide bonds. The van der Waals surface area contributed by atoms with Crippen molar-refractivity contribution in [3.63, 3.8) is 0 Å². The molecule has 1 aromatic heterocycles. The third kappa shape index (κ3) is 3.79. The molecule has 0 atom stereocenters. The summed E-state index contributed by atoms with van der Waals surface area (Å²) in [6.45, 7) is 5.52. The van der Waals surface area contributed by atoms with Gasteiger partial charge >= 0.3 is 0 Å². The number of aryl methyl sites for hydroxylation is 1. The lowest BCUT2D eigenvalue weighted by molar-refractivity contribution is -0.123. The van der Waals surface area contributed by atoms with Crippen LogP contribution >= 0.6 is 0 Å². The number of hydrogen-bond donors (Lipinski definition) is 0. The van der Waals surface area contributed by atoms with E-state index in [1.54, 1.807) is 4.68 Å². The third-order valence-corrected chi connectivity index (χ3v) is 1.96. The molecule has 0 saturated carbocycles. The summed E-state index contributed by atoms with van der Waals surface area (Å²) in [5, 5.41) is 4.00. The highest BCUT2D eigenvalue weighted by Crippen LogP contribution is 1.96. The van der Waals surface area contributed by atoms with E-state index in [-0.39, 0.29) is 12.4 Å². The van der Waals surface area contributed by atoms with Crippen molar-refractivity contribution < 1.29 is 9.53 Å². The van der Waals surface area contributed by atoms with Crippen LogP contribution in [0, 0.1) is 0 Å². The zero-order valence-corrected chi connectivity index (χ0v) is 9.27. The van der Waals surface area contributed by atoms with Gasteiger partial charge in [0.05, 0.1) is 6.42 Å². The van der Waals surface area contributed by atoms with E-state index in [2.05, 4.69) is 10.1 Å². The molecule has 84 valence electrons. The Bertz CT molecular complexity index is 309. The van der Waals surface area contributed by atoms with Gasteiger partial charge in [-0.05, 0) is 13.3 Å². The van der Waals surface area contributed by atoms with Crippen molar-refractivity contribution in [3.05, 3.63) is 12.2 Å². The molecular weight excluding hydrogens is 194 g/mol. The van der Waals surface area contributed by atoms with Crippen LogP contribution in [0.5, 0.6) is 0 Å². The Morgan fingerprint density at radius 3 is 3.00 bits per heavy atom. The number of carbonyl (C=O) groups excluding carboxylic acids is 1. The SMILES string of the molecule is CCCOCC(=O)Cc1ncnn1CC. The van der Waals surface area contributed by atoms with Gasteiger partial charge in [-0.3, -0.25) is 4.79 Å². The number of carbonyl (C=O) groups is 1. The second kappa shape index (κ2) is 6.29. The molecule has 0 fully saturated rings. The highest BCUT2D eigenvalue weighted by molar-refractivity contribution is 5.81. The van der Waals surface area contributed by atoms with Crippen molar-refractivity contribution >= 4 is 5.78 Å². The summed E-state index contributed by atoms with van der Waals surface area (Å²) in [5.74, 6) is 0.758. The van der Waals surface area contributed by atoms with E-state index in [4.69, 9.17) is 4.74 Å². The molecule has 1 heterocycles. The molecule has 0 N–H and O–H groups in total. The molecule has 0 unspecified atom stereocenters. The maximum Gasteiger partial charge on any atom is 0.166 e. The summed E-state index contributed by atoms with van der Waals surface area (Å²) in [6, 6.07) is 0. The highest BCUT2D eigenvalue weighted by atomic mass is 16.5. The number of nitrogens with zero attached hydrogens (tertiary/aromatic N) is 3. The van der Waals surface area contributed by atoms with E-state index in [0.29, 0.717) is 18.9 Å². The van der Waals surface area contributed by atoms with Crippen LogP contribution in [0.3, 0.4) is 0 Å². The normalized spacial score (nSPS) is 10.5. The number of ketones is 1. The standard InChI is InChI=1S/C10H17N3O2/c1-3-5-15-7-9(14)6-10-11-8-12-13(10)4-2/h8H,3-7H2,1-2H3. The summed E-state index contributed by atoms with van der Waals surface area (Å²) in [7, 11) is 0. The van der Waals surface area contributed by atoms with E-state index in [1.165, 1.54) is 6.33 Å². The maximum atomic E-state index is 11.4. The second-order valence-corrected chi connectivity index (χ2v) is 3.26. The highest BCUT2D eigenvalue weighted by Gasteiger charge is 2.09. The van der Waals surface area contributed by atoms with Gasteiger partial charge in [-0.1, -0.05) is 6.92 Å². The van der Waals surface area contributed by atoms with Crippen LogP contribution in [0.4, 0.5) is 0 Å². The first-order valence-electron chi connectivity index (χ1n) is 5.24. The van der Waals surface area contributed by atoms with Gasteiger partial charge in [0, 0.05) is 13.2 Å². The van der Waals surface area contributed by atoms with E-state index in [9.17, 15) is 4.79 Å². The fourth-order valence-electron chi connectivity index (χ4n) is 1.25. The lowest BCUT2D eigenvalue weighted by Gasteiger charge is -2.03. The number of hydrogen-bond acceptors (Lipinski definition) is 4. The number of aromatic nitrogens is 3. The summed E-state index contributed by atoms with van der Waals surface area (Å²) >= 11 is 0. The van der Waals surface area contributed by atoms with Crippen LogP contribution in [-0.2, 0) is 22.5 Å². The van der Waals surface area contributed by atoms with Crippen molar-refractivity contribution in [1.29, 1.82) is 0 Å². The topological polar surface area (TPSA) is 57.0 Å². The average molecular weight is 211 g/mol. The van der Waals surface area contributed by atoms with E-state index in [1.807, 2.05) is 13.8 Å². The fraction of sp³-hybridized carbons (Fsp3) is 0.700. The number of Topliss-reactive ketones (excluding diaryl/α,β-unsaturated/α-hetero) is 1. The van der Waals surface area contributed by atoms with Gasteiger partial charge in [-0.25, -0.2) is 9.67 Å². The Morgan fingerprint density at radius 1 is 1.53 bits per heavy atom. The van der Waals surface area contributed by atoms with E-state index in [0.717, 1.165) is 13.0 Å². The minimum atomic E-state index is 0.0474. The summed E-state index contributed by atoms with van der Waals surface area (Å²) in [4.78, 5) is 15.5. The largest absolute Gasteiger partial charge is 0.374 e. The van der Waals surface area contributed by atoms with E-state index >= 15 is 0 Å². The molecule has 0 aromatic carbocycles. The molecule has 0 aliphatic carbocycles. The molecule has 5 heteroatoms. The number of rotatable bonds is 7. The van der Waals surface area contributed by atoms with Crippen LogP contribution in [0.25, 0.3) is 0 Å². The van der Waals surface area contributed by atoms with Crippen LogP contribution in [-0.4, -0.2) is 33.8 Å². The van der Waals surface area contributed by atoms with Crippen molar-refractivity contribution in [2.24, 2.45) is 0 Å². The van der Waals surface area contributed by atoms with Crippen molar-refractivity contribution in [2.45, 2.75) is 33.2 Å². The molecule has 0 spiro atoms. The fourth-order valence-corrected chi connectivity index (χ4v) is 1.25. The molecule has 15 heavy (non-hydrogen) atoms. The van der Waals surface area contributed by atoms with Gasteiger partial charge in [0.2, 0.25) is 0 Å². The summed E-state index contributed by atoms with van der Waals surface area (Å²) < 4.78 is 6.88. The molecule has 1 rings (SSSR count). The molecule has 0 radical (unpaired) electrons. The van der Waals surface area contributed by atoms with Gasteiger partial charge in [0.25, 0.3) is 0 Å². The van der Waals surface area contributed by atoms with Crippen molar-refractivity contribution in [3.8, 4) is 0 Å². The van der Waals surface area contributed by atoms with Crippen LogP contribution < -0.4 is 0 Å². The third-order valence-electron chi connectivity index (χ3n) is 1.96. The Kier molecular flexibility index (Phi) is 4.97. The maximum absolute atomic E-state index is 11.4. The van der Waals surface area contributed by atoms with Gasteiger partial charge in [0.15, 0.2) is 5.78 Å². The summed E-state index contributed by atoms with van der Waals surface area (Å²) in [6.07, 6.45) is 2.70. The lowest BCUT2D eigenvalue weighted by atomic mass is 10.3. The first-order chi connectivity index (χ1) is 7.27. The molecule has 5 nitrogen and oxygen atoms in total.